The molecule has 1 heterocycles. The van der Waals surface area contributed by atoms with Gasteiger partial charge < -0.3 is 4.90 Å². The first-order valence-electron chi connectivity index (χ1n) is 5.39. The van der Waals surface area contributed by atoms with Crippen molar-refractivity contribution in [2.24, 2.45) is 0 Å². The molecule has 0 aromatic carbocycles. The van der Waals surface area contributed by atoms with E-state index in [-0.39, 0.29) is 5.91 Å². The molecule has 1 aliphatic rings. The summed E-state index contributed by atoms with van der Waals surface area (Å²) in [4.78, 5) is 17.2. The molecule has 4 heteroatoms. The number of alkyl halides is 1. The molecule has 1 saturated heterocycles. The van der Waals surface area contributed by atoms with Gasteiger partial charge in [0.2, 0.25) is 5.91 Å². The van der Waals surface area contributed by atoms with Crippen molar-refractivity contribution in [2.75, 3.05) is 32.1 Å². The van der Waals surface area contributed by atoms with Gasteiger partial charge in [-0.1, -0.05) is 34.4 Å². The first-order chi connectivity index (χ1) is 7.61. The fourth-order valence-electron chi connectivity index (χ4n) is 1.48. The van der Waals surface area contributed by atoms with E-state index in [1.807, 2.05) is 28.8 Å². The second kappa shape index (κ2) is 8.82. The van der Waals surface area contributed by atoms with E-state index in [9.17, 15) is 4.79 Å². The highest BCUT2D eigenvalue weighted by atomic mass is 127. The molecule has 0 saturated carbocycles. The third kappa shape index (κ3) is 5.71. The van der Waals surface area contributed by atoms with Crippen LogP contribution >= 0.6 is 22.6 Å². The van der Waals surface area contributed by atoms with Crippen LogP contribution in [-0.2, 0) is 4.79 Å². The van der Waals surface area contributed by atoms with Crippen molar-refractivity contribution in [3.05, 3.63) is 0 Å². The summed E-state index contributed by atoms with van der Waals surface area (Å²) in [6, 6.07) is 0.371. The van der Waals surface area contributed by atoms with Gasteiger partial charge in [0.05, 0.1) is 13.1 Å². The molecule has 0 spiro atoms. The molecule has 0 bridgehead atoms. The Balaban J connectivity index is 0.00000106. The van der Waals surface area contributed by atoms with Gasteiger partial charge >= 0.3 is 0 Å². The summed E-state index contributed by atoms with van der Waals surface area (Å²) < 4.78 is 0. The van der Waals surface area contributed by atoms with Crippen LogP contribution in [0.5, 0.6) is 0 Å². The first-order valence-corrected chi connectivity index (χ1v) is 7.54. The number of halogens is 1. The van der Waals surface area contributed by atoms with E-state index < -0.39 is 0 Å². The van der Waals surface area contributed by atoms with E-state index >= 15 is 0 Å². The quantitative estimate of drug-likeness (QED) is 0.435. The van der Waals surface area contributed by atoms with E-state index in [2.05, 4.69) is 41.4 Å². The Morgan fingerprint density at radius 2 is 2.06 bits per heavy atom. The van der Waals surface area contributed by atoms with Gasteiger partial charge in [-0.2, -0.15) is 0 Å². The van der Waals surface area contributed by atoms with Crippen LogP contribution in [0.2, 0.25) is 0 Å². The molecule has 1 aliphatic heterocycles. The number of likely N-dealkylation sites (tertiary alicyclic amines) is 1. The summed E-state index contributed by atoms with van der Waals surface area (Å²) in [5, 5.41) is 0. The fourth-order valence-corrected chi connectivity index (χ4v) is 1.48. The second-order valence-corrected chi connectivity index (χ2v) is 4.00. The molecule has 1 amide bonds. The molecule has 0 unspecified atom stereocenters. The number of hydrogen-bond acceptors (Lipinski definition) is 2. The number of amides is 1. The van der Waals surface area contributed by atoms with Gasteiger partial charge in [0.15, 0.2) is 0 Å². The zero-order valence-corrected chi connectivity index (χ0v) is 12.7. The number of carbonyl (C=O) groups is 1. The summed E-state index contributed by atoms with van der Waals surface area (Å²) >= 11 is 2.15. The Morgan fingerprint density at radius 3 is 2.50 bits per heavy atom. The van der Waals surface area contributed by atoms with Crippen LogP contribution in [-0.4, -0.2) is 53.9 Å². The lowest BCUT2D eigenvalue weighted by molar-refractivity contribution is -0.128. The van der Waals surface area contributed by atoms with Gasteiger partial charge in [-0.25, -0.2) is 0 Å². The van der Waals surface area contributed by atoms with Gasteiger partial charge in [0.1, 0.15) is 0 Å². The van der Waals surface area contributed by atoms with E-state index in [4.69, 9.17) is 0 Å². The van der Waals surface area contributed by atoms with Gasteiger partial charge in [0, 0.05) is 12.5 Å². The topological polar surface area (TPSA) is 23.6 Å². The lowest BCUT2D eigenvalue weighted by Crippen LogP contribution is -2.31. The largest absolute Gasteiger partial charge is 0.329 e. The van der Waals surface area contributed by atoms with Crippen LogP contribution in [0.1, 0.15) is 19.8 Å². The molecule has 0 aromatic rings. The SMILES string of the molecule is CI.C[C@@H]1CCC(=O)N1CC#CCN(C)C. The lowest BCUT2D eigenvalue weighted by Gasteiger charge is -2.18. The molecule has 0 aromatic heterocycles. The summed E-state index contributed by atoms with van der Waals surface area (Å²) in [6.07, 6.45) is 1.67. The summed E-state index contributed by atoms with van der Waals surface area (Å²) in [5.74, 6) is 6.31. The van der Waals surface area contributed by atoms with Gasteiger partial charge in [-0.05, 0) is 32.4 Å². The van der Waals surface area contributed by atoms with Gasteiger partial charge in [-0.3, -0.25) is 9.69 Å². The predicted octanol–water partition coefficient (Wildman–Crippen LogP) is 1.61. The summed E-state index contributed by atoms with van der Waals surface area (Å²) in [7, 11) is 3.97. The maximum atomic E-state index is 11.4. The fraction of sp³-hybridized carbons (Fsp3) is 0.750. The highest BCUT2D eigenvalue weighted by Gasteiger charge is 2.26. The molecule has 92 valence electrons. The highest BCUT2D eigenvalue weighted by molar-refractivity contribution is 14.1. The highest BCUT2D eigenvalue weighted by Crippen LogP contribution is 2.16. The van der Waals surface area contributed by atoms with Crippen molar-refractivity contribution < 1.29 is 4.79 Å². The van der Waals surface area contributed by atoms with Crippen LogP contribution in [0, 0.1) is 11.8 Å². The Kier molecular flexibility index (Phi) is 8.67. The minimum Gasteiger partial charge on any atom is -0.329 e. The molecule has 3 nitrogen and oxygen atoms in total. The van der Waals surface area contributed by atoms with Crippen LogP contribution in [0.3, 0.4) is 0 Å². The minimum absolute atomic E-state index is 0.247. The van der Waals surface area contributed by atoms with Crippen molar-refractivity contribution >= 4 is 28.5 Å². The van der Waals surface area contributed by atoms with Crippen molar-refractivity contribution in [2.45, 2.75) is 25.8 Å². The van der Waals surface area contributed by atoms with E-state index in [1.165, 1.54) is 0 Å². The Morgan fingerprint density at radius 1 is 1.44 bits per heavy atom. The Labute approximate surface area is 113 Å². The van der Waals surface area contributed by atoms with E-state index in [0.29, 0.717) is 19.0 Å². The first kappa shape index (κ1) is 15.7. The Bertz CT molecular complexity index is 268. The molecule has 0 radical (unpaired) electrons. The minimum atomic E-state index is 0.247. The predicted molar refractivity (Wildman–Crippen MR) is 76.7 cm³/mol. The molecular weight excluding hydrogens is 315 g/mol. The standard InChI is InChI=1S/C11H18N2O.CH3I/c1-10-6-7-11(14)13(10)9-5-4-8-12(2)3;1-2/h10H,6-9H2,1-3H3;1H3/t10-;/m1./s1. The summed E-state index contributed by atoms with van der Waals surface area (Å²) in [6.45, 7) is 3.43. The maximum absolute atomic E-state index is 11.4. The number of hydrogen-bond donors (Lipinski definition) is 0. The lowest BCUT2D eigenvalue weighted by atomic mass is 10.2. The molecular formula is C12H21IN2O. The third-order valence-electron chi connectivity index (χ3n) is 2.40. The molecule has 1 rings (SSSR count). The molecule has 0 aliphatic carbocycles. The Hall–Kier alpha value is -0.280. The molecule has 1 fully saturated rings. The van der Waals surface area contributed by atoms with E-state index in [0.717, 1.165) is 13.0 Å². The van der Waals surface area contributed by atoms with Crippen LogP contribution < -0.4 is 0 Å². The second-order valence-electron chi connectivity index (χ2n) is 4.00. The zero-order valence-electron chi connectivity index (χ0n) is 10.6. The van der Waals surface area contributed by atoms with E-state index in [1.54, 1.807) is 0 Å². The summed E-state index contributed by atoms with van der Waals surface area (Å²) in [5.41, 5.74) is 0. The van der Waals surface area contributed by atoms with Crippen molar-refractivity contribution in [3.8, 4) is 11.8 Å². The molecule has 0 N–H and O–H groups in total. The van der Waals surface area contributed by atoms with Crippen LogP contribution in [0.25, 0.3) is 0 Å². The maximum Gasteiger partial charge on any atom is 0.223 e. The average Bonchev–Trinajstić information content (AvgIpc) is 2.57. The van der Waals surface area contributed by atoms with Gasteiger partial charge in [-0.15, -0.1) is 0 Å². The molecule has 16 heavy (non-hydrogen) atoms. The molecule has 1 atom stereocenters. The monoisotopic (exact) mass is 336 g/mol. The zero-order chi connectivity index (χ0) is 12.6. The van der Waals surface area contributed by atoms with Crippen molar-refractivity contribution in [3.63, 3.8) is 0 Å². The third-order valence-corrected chi connectivity index (χ3v) is 2.40. The van der Waals surface area contributed by atoms with Crippen LogP contribution in [0.4, 0.5) is 0 Å². The average molecular weight is 336 g/mol. The van der Waals surface area contributed by atoms with Crippen molar-refractivity contribution in [1.29, 1.82) is 0 Å². The number of rotatable bonds is 2. The normalized spacial score (nSPS) is 19.0. The van der Waals surface area contributed by atoms with Crippen molar-refractivity contribution in [1.82, 2.24) is 9.80 Å². The van der Waals surface area contributed by atoms with Crippen LogP contribution in [0.15, 0.2) is 0 Å². The number of carbonyl (C=O) groups excluding carboxylic acids is 1. The number of nitrogens with zero attached hydrogens (tertiary/aromatic N) is 2. The van der Waals surface area contributed by atoms with Gasteiger partial charge in [0.25, 0.3) is 0 Å². The smallest absolute Gasteiger partial charge is 0.223 e.